The number of unbranched alkanes of at least 4 members (excludes halogenated alkanes) is 1. The molecule has 1 saturated carbocycles. The number of nitrogens with zero attached hydrogens (tertiary/aromatic N) is 1. The van der Waals surface area contributed by atoms with E-state index in [1.807, 2.05) is 20.8 Å². The molecule has 0 unspecified atom stereocenters. The molecule has 0 spiro atoms. The summed E-state index contributed by atoms with van der Waals surface area (Å²) in [6.07, 6.45) is 6.34. The minimum absolute atomic E-state index is 0.0514. The predicted octanol–water partition coefficient (Wildman–Crippen LogP) is 2.27. The highest BCUT2D eigenvalue weighted by Crippen LogP contribution is 2.22. The molecule has 0 aliphatic heterocycles. The minimum atomic E-state index is -0.722. The van der Waals surface area contributed by atoms with Gasteiger partial charge in [-0.2, -0.15) is 0 Å². The van der Waals surface area contributed by atoms with Crippen molar-refractivity contribution >= 4 is 18.3 Å². The van der Waals surface area contributed by atoms with E-state index in [0.29, 0.717) is 11.5 Å². The first-order valence-corrected chi connectivity index (χ1v) is 9.30. The summed E-state index contributed by atoms with van der Waals surface area (Å²) in [6.45, 7) is 5.62. The SMILES string of the molecule is CCCC[C@H](CN(O)C=O)C(=O)N[C@H](C(=O)OC1CCCC1)C(C)C. The fourth-order valence-electron chi connectivity index (χ4n) is 3.04. The summed E-state index contributed by atoms with van der Waals surface area (Å²) in [5.41, 5.74) is 0. The van der Waals surface area contributed by atoms with Gasteiger partial charge in [0.2, 0.25) is 12.3 Å². The molecule has 0 bridgehead atoms. The average molecular weight is 356 g/mol. The van der Waals surface area contributed by atoms with Crippen LogP contribution in [0.3, 0.4) is 0 Å². The summed E-state index contributed by atoms with van der Waals surface area (Å²) >= 11 is 0. The van der Waals surface area contributed by atoms with Crippen LogP contribution >= 0.6 is 0 Å². The Kier molecular flexibility index (Phi) is 9.49. The molecule has 2 N–H and O–H groups in total. The second kappa shape index (κ2) is 11.1. The molecule has 25 heavy (non-hydrogen) atoms. The molecular weight excluding hydrogens is 324 g/mol. The highest BCUT2D eigenvalue weighted by molar-refractivity contribution is 5.86. The van der Waals surface area contributed by atoms with Crippen molar-refractivity contribution in [1.29, 1.82) is 0 Å². The molecule has 1 aliphatic carbocycles. The molecule has 144 valence electrons. The third-order valence-corrected chi connectivity index (χ3v) is 4.61. The summed E-state index contributed by atoms with van der Waals surface area (Å²) in [7, 11) is 0. The highest BCUT2D eigenvalue weighted by Gasteiger charge is 2.31. The molecule has 1 aliphatic rings. The van der Waals surface area contributed by atoms with Crippen molar-refractivity contribution in [1.82, 2.24) is 10.4 Å². The maximum absolute atomic E-state index is 12.6. The first kappa shape index (κ1) is 21.4. The summed E-state index contributed by atoms with van der Waals surface area (Å²) in [5.74, 6) is -1.41. The number of carbonyl (C=O) groups excluding carboxylic acids is 3. The maximum atomic E-state index is 12.6. The average Bonchev–Trinajstić information content (AvgIpc) is 3.08. The largest absolute Gasteiger partial charge is 0.461 e. The van der Waals surface area contributed by atoms with Crippen LogP contribution < -0.4 is 5.32 Å². The zero-order valence-electron chi connectivity index (χ0n) is 15.6. The Bertz CT molecular complexity index is 435. The lowest BCUT2D eigenvalue weighted by Gasteiger charge is -2.26. The highest BCUT2D eigenvalue weighted by atomic mass is 16.5. The molecular formula is C18H32N2O5. The van der Waals surface area contributed by atoms with Crippen molar-refractivity contribution in [3.05, 3.63) is 0 Å². The van der Waals surface area contributed by atoms with E-state index in [9.17, 15) is 19.6 Å². The van der Waals surface area contributed by atoms with Crippen LogP contribution in [-0.2, 0) is 19.1 Å². The van der Waals surface area contributed by atoms with Crippen molar-refractivity contribution < 1.29 is 24.3 Å². The van der Waals surface area contributed by atoms with Gasteiger partial charge < -0.3 is 10.1 Å². The third kappa shape index (κ3) is 7.42. The van der Waals surface area contributed by atoms with Crippen molar-refractivity contribution in [3.63, 3.8) is 0 Å². The van der Waals surface area contributed by atoms with E-state index in [-0.39, 0.29) is 30.9 Å². The van der Waals surface area contributed by atoms with Crippen LogP contribution in [0.5, 0.6) is 0 Å². The minimum Gasteiger partial charge on any atom is -0.461 e. The molecule has 0 saturated heterocycles. The van der Waals surface area contributed by atoms with Gasteiger partial charge in [-0.25, -0.2) is 9.86 Å². The van der Waals surface area contributed by atoms with Crippen molar-refractivity contribution in [3.8, 4) is 0 Å². The fraction of sp³-hybridized carbons (Fsp3) is 0.833. The Morgan fingerprint density at radius 2 is 1.96 bits per heavy atom. The second-order valence-corrected chi connectivity index (χ2v) is 7.14. The molecule has 7 nitrogen and oxygen atoms in total. The first-order valence-electron chi connectivity index (χ1n) is 9.30. The summed E-state index contributed by atoms with van der Waals surface area (Å²) < 4.78 is 5.53. The number of carbonyl (C=O) groups is 3. The summed E-state index contributed by atoms with van der Waals surface area (Å²) in [4.78, 5) is 35.7. The number of esters is 1. The van der Waals surface area contributed by atoms with Crippen LogP contribution in [0.1, 0.15) is 65.7 Å². The number of hydroxylamine groups is 2. The van der Waals surface area contributed by atoms with Crippen molar-refractivity contribution in [2.75, 3.05) is 6.54 Å². The predicted molar refractivity (Wildman–Crippen MR) is 92.7 cm³/mol. The van der Waals surface area contributed by atoms with E-state index in [2.05, 4.69) is 5.32 Å². The molecule has 1 rings (SSSR count). The van der Waals surface area contributed by atoms with E-state index >= 15 is 0 Å². The van der Waals surface area contributed by atoms with E-state index < -0.39 is 17.9 Å². The van der Waals surface area contributed by atoms with Gasteiger partial charge in [0.25, 0.3) is 0 Å². The molecule has 0 aromatic heterocycles. The maximum Gasteiger partial charge on any atom is 0.329 e. The Morgan fingerprint density at radius 1 is 1.32 bits per heavy atom. The van der Waals surface area contributed by atoms with Crippen molar-refractivity contribution in [2.45, 2.75) is 77.9 Å². The molecule has 0 aromatic carbocycles. The Hall–Kier alpha value is -1.63. The van der Waals surface area contributed by atoms with E-state index in [4.69, 9.17) is 4.74 Å². The number of rotatable bonds is 11. The normalized spacial score (nSPS) is 17.2. The zero-order chi connectivity index (χ0) is 18.8. The van der Waals surface area contributed by atoms with Crippen LogP contribution in [0.4, 0.5) is 0 Å². The molecule has 1 fully saturated rings. The molecule has 0 heterocycles. The number of hydrogen-bond acceptors (Lipinski definition) is 5. The molecule has 0 radical (unpaired) electrons. The fourth-order valence-corrected chi connectivity index (χ4v) is 3.04. The van der Waals surface area contributed by atoms with Crippen LogP contribution in [0.25, 0.3) is 0 Å². The van der Waals surface area contributed by atoms with Gasteiger partial charge in [-0.3, -0.25) is 14.8 Å². The van der Waals surface area contributed by atoms with Crippen LogP contribution in [0.15, 0.2) is 0 Å². The lowest BCUT2D eigenvalue weighted by Crippen LogP contribution is -2.49. The van der Waals surface area contributed by atoms with E-state index in [0.717, 1.165) is 38.5 Å². The standard InChI is InChI=1S/C18H32N2O5/c1-4-5-8-14(11-20(24)12-21)17(22)19-16(13(2)3)18(23)25-15-9-6-7-10-15/h12-16,24H,4-11H2,1-3H3,(H,19,22)/t14-,16+/m1/s1. The van der Waals surface area contributed by atoms with Gasteiger partial charge in [-0.15, -0.1) is 0 Å². The molecule has 2 atom stereocenters. The second-order valence-electron chi connectivity index (χ2n) is 7.14. The number of amides is 2. The van der Waals surface area contributed by atoms with Crippen LogP contribution in [0.2, 0.25) is 0 Å². The van der Waals surface area contributed by atoms with E-state index in [1.54, 1.807) is 0 Å². The summed E-state index contributed by atoms with van der Waals surface area (Å²) in [6, 6.07) is -0.722. The van der Waals surface area contributed by atoms with Gasteiger partial charge in [0, 0.05) is 0 Å². The quantitative estimate of drug-likeness (QED) is 0.256. The van der Waals surface area contributed by atoms with Gasteiger partial charge in [0.1, 0.15) is 12.1 Å². The van der Waals surface area contributed by atoms with Crippen LogP contribution in [-0.4, -0.2) is 47.2 Å². The lowest BCUT2D eigenvalue weighted by atomic mass is 9.98. The van der Waals surface area contributed by atoms with Gasteiger partial charge in [-0.1, -0.05) is 33.6 Å². The number of ether oxygens (including phenoxy) is 1. The zero-order valence-corrected chi connectivity index (χ0v) is 15.6. The Balaban J connectivity index is 2.69. The topological polar surface area (TPSA) is 95.9 Å². The lowest BCUT2D eigenvalue weighted by molar-refractivity contribution is -0.158. The first-order chi connectivity index (χ1) is 11.9. The van der Waals surface area contributed by atoms with Crippen LogP contribution in [0, 0.1) is 11.8 Å². The molecule has 2 amide bonds. The summed E-state index contributed by atoms with van der Waals surface area (Å²) in [5, 5.41) is 12.6. The Morgan fingerprint density at radius 3 is 2.48 bits per heavy atom. The third-order valence-electron chi connectivity index (χ3n) is 4.61. The van der Waals surface area contributed by atoms with Gasteiger partial charge >= 0.3 is 5.97 Å². The molecule has 7 heteroatoms. The Labute approximate surface area is 150 Å². The smallest absolute Gasteiger partial charge is 0.329 e. The van der Waals surface area contributed by atoms with Gasteiger partial charge in [-0.05, 0) is 38.0 Å². The number of nitrogens with one attached hydrogen (secondary N) is 1. The van der Waals surface area contributed by atoms with Gasteiger partial charge in [0.15, 0.2) is 0 Å². The monoisotopic (exact) mass is 356 g/mol. The molecule has 0 aromatic rings. The number of hydrogen-bond donors (Lipinski definition) is 2. The van der Waals surface area contributed by atoms with E-state index in [1.165, 1.54) is 0 Å². The van der Waals surface area contributed by atoms with Gasteiger partial charge in [0.05, 0.1) is 12.5 Å². The van der Waals surface area contributed by atoms with Crippen molar-refractivity contribution in [2.24, 2.45) is 11.8 Å².